The Hall–Kier alpha value is -2.35. The first-order chi connectivity index (χ1) is 10.7. The monoisotopic (exact) mass is 294 g/mol. The summed E-state index contributed by atoms with van der Waals surface area (Å²) in [6.07, 6.45) is 9.85. The molecule has 0 radical (unpaired) electrons. The molecule has 0 bridgehead atoms. The van der Waals surface area contributed by atoms with Crippen LogP contribution in [0.3, 0.4) is 0 Å². The molecule has 5 nitrogen and oxygen atoms in total. The third-order valence-corrected chi connectivity index (χ3v) is 5.18. The Bertz CT molecular complexity index is 819. The van der Waals surface area contributed by atoms with E-state index >= 15 is 0 Å². The number of nitrogens with zero attached hydrogens (tertiary/aromatic N) is 3. The van der Waals surface area contributed by atoms with Gasteiger partial charge >= 0.3 is 0 Å². The number of anilines is 1. The molecule has 1 saturated carbocycles. The molecule has 5 heteroatoms. The number of hydrogen-bond acceptors (Lipinski definition) is 4. The van der Waals surface area contributed by atoms with E-state index in [2.05, 4.69) is 20.9 Å². The first-order valence-electron chi connectivity index (χ1n) is 7.88. The Kier molecular flexibility index (Phi) is 2.93. The molecule has 2 aromatic heterocycles. The van der Waals surface area contributed by atoms with E-state index in [0.717, 1.165) is 24.2 Å². The highest BCUT2D eigenvalue weighted by Gasteiger charge is 2.44. The summed E-state index contributed by atoms with van der Waals surface area (Å²) >= 11 is 0. The van der Waals surface area contributed by atoms with Crippen LogP contribution in [0.1, 0.15) is 37.7 Å². The molecule has 0 atom stereocenters. The molecule has 4 rings (SSSR count). The zero-order valence-electron chi connectivity index (χ0n) is 12.4. The zero-order chi connectivity index (χ0) is 15.2. The lowest BCUT2D eigenvalue weighted by Gasteiger charge is -2.54. The second kappa shape index (κ2) is 4.84. The second-order valence-corrected chi connectivity index (χ2v) is 6.63. The zero-order valence-corrected chi connectivity index (χ0v) is 12.4. The van der Waals surface area contributed by atoms with Crippen LogP contribution in [0, 0.1) is 16.7 Å². The maximum atomic E-state index is 12.2. The van der Waals surface area contributed by atoms with Gasteiger partial charge < -0.3 is 9.88 Å². The molecule has 0 amide bonds. The van der Waals surface area contributed by atoms with Crippen LogP contribution in [0.4, 0.5) is 5.69 Å². The summed E-state index contributed by atoms with van der Waals surface area (Å²) in [5.41, 5.74) is 1.81. The van der Waals surface area contributed by atoms with Crippen molar-refractivity contribution in [3.8, 4) is 6.07 Å². The van der Waals surface area contributed by atoms with Gasteiger partial charge in [-0.25, -0.2) is 0 Å². The first-order valence-corrected chi connectivity index (χ1v) is 7.88. The number of H-pyrrole nitrogens is 1. The average Bonchev–Trinajstić information content (AvgIpc) is 2.52. The summed E-state index contributed by atoms with van der Waals surface area (Å²) in [6, 6.07) is 3.97. The van der Waals surface area contributed by atoms with Crippen molar-refractivity contribution in [2.45, 2.75) is 32.1 Å². The number of nitriles is 1. The fraction of sp³-hybridized carbons (Fsp3) is 0.471. The normalized spacial score (nSPS) is 19.9. The molecular weight excluding hydrogens is 276 g/mol. The Morgan fingerprint density at radius 1 is 1.27 bits per heavy atom. The van der Waals surface area contributed by atoms with Gasteiger partial charge in [0.25, 0.3) is 5.56 Å². The number of rotatable bonds is 1. The minimum Gasteiger partial charge on any atom is -0.368 e. The van der Waals surface area contributed by atoms with Crippen LogP contribution in [-0.2, 0) is 0 Å². The van der Waals surface area contributed by atoms with Crippen LogP contribution in [0.2, 0.25) is 0 Å². The van der Waals surface area contributed by atoms with Crippen LogP contribution in [-0.4, -0.2) is 23.1 Å². The number of fused-ring (bicyclic) bond motifs is 1. The lowest BCUT2D eigenvalue weighted by Crippen LogP contribution is -2.57. The van der Waals surface area contributed by atoms with Gasteiger partial charge in [-0.1, -0.05) is 19.3 Å². The first kappa shape index (κ1) is 13.3. The third-order valence-electron chi connectivity index (χ3n) is 5.18. The number of aromatic amines is 1. The van der Waals surface area contributed by atoms with Gasteiger partial charge in [-0.15, -0.1) is 0 Å². The van der Waals surface area contributed by atoms with Gasteiger partial charge in [-0.05, 0) is 18.9 Å². The second-order valence-electron chi connectivity index (χ2n) is 6.63. The minimum absolute atomic E-state index is 0.226. The summed E-state index contributed by atoms with van der Waals surface area (Å²) in [7, 11) is 0. The fourth-order valence-electron chi connectivity index (χ4n) is 4.10. The number of pyridine rings is 2. The molecule has 2 aromatic rings. The highest BCUT2D eigenvalue weighted by atomic mass is 16.1. The van der Waals surface area contributed by atoms with Gasteiger partial charge in [0.15, 0.2) is 0 Å². The van der Waals surface area contributed by atoms with E-state index in [1.807, 2.05) is 6.07 Å². The molecule has 1 N–H and O–H groups in total. The quantitative estimate of drug-likeness (QED) is 0.877. The lowest BCUT2D eigenvalue weighted by molar-refractivity contribution is 0.139. The number of nitrogens with one attached hydrogen (secondary N) is 1. The van der Waals surface area contributed by atoms with Crippen molar-refractivity contribution in [1.29, 1.82) is 5.26 Å². The van der Waals surface area contributed by atoms with E-state index in [1.54, 1.807) is 12.4 Å². The molecule has 1 aliphatic heterocycles. The molecule has 22 heavy (non-hydrogen) atoms. The van der Waals surface area contributed by atoms with Crippen molar-refractivity contribution in [1.82, 2.24) is 9.97 Å². The van der Waals surface area contributed by atoms with Gasteiger partial charge in [0.05, 0.1) is 17.4 Å². The van der Waals surface area contributed by atoms with E-state index in [0.29, 0.717) is 10.9 Å². The molecule has 2 aliphatic rings. The molecule has 0 aromatic carbocycles. The van der Waals surface area contributed by atoms with Crippen molar-refractivity contribution in [3.63, 3.8) is 0 Å². The van der Waals surface area contributed by atoms with E-state index in [-0.39, 0.29) is 11.1 Å². The SMILES string of the molecule is N#Cc1c(N2CC3(CCCCC3)C2)c2ccncc2[nH]c1=O. The summed E-state index contributed by atoms with van der Waals surface area (Å²) in [6.45, 7) is 1.92. The largest absolute Gasteiger partial charge is 0.368 e. The van der Waals surface area contributed by atoms with Crippen molar-refractivity contribution >= 4 is 16.6 Å². The third kappa shape index (κ3) is 1.91. The molecule has 112 valence electrons. The molecule has 2 fully saturated rings. The summed E-state index contributed by atoms with van der Waals surface area (Å²) < 4.78 is 0. The van der Waals surface area contributed by atoms with E-state index < -0.39 is 0 Å². The van der Waals surface area contributed by atoms with Crippen LogP contribution in [0.25, 0.3) is 10.9 Å². The van der Waals surface area contributed by atoms with Crippen molar-refractivity contribution < 1.29 is 0 Å². The van der Waals surface area contributed by atoms with E-state index in [4.69, 9.17) is 0 Å². The van der Waals surface area contributed by atoms with Crippen molar-refractivity contribution in [2.24, 2.45) is 5.41 Å². The maximum Gasteiger partial charge on any atom is 0.268 e. The molecule has 1 aliphatic carbocycles. The predicted molar refractivity (Wildman–Crippen MR) is 84.8 cm³/mol. The van der Waals surface area contributed by atoms with E-state index in [1.165, 1.54) is 32.1 Å². The summed E-state index contributed by atoms with van der Waals surface area (Å²) in [4.78, 5) is 21.2. The van der Waals surface area contributed by atoms with Crippen LogP contribution in [0.5, 0.6) is 0 Å². The standard InChI is InChI=1S/C17H18N4O/c18-8-13-15(12-4-7-19-9-14(12)20-16(13)22)21-10-17(11-21)5-2-1-3-6-17/h4,7,9H,1-3,5-6,10-11H2,(H,20,22). The highest BCUT2D eigenvalue weighted by molar-refractivity contribution is 5.94. The summed E-state index contributed by atoms with van der Waals surface area (Å²) in [5, 5.41) is 10.3. The van der Waals surface area contributed by atoms with E-state index in [9.17, 15) is 10.1 Å². The Morgan fingerprint density at radius 3 is 2.77 bits per heavy atom. The van der Waals surface area contributed by atoms with Gasteiger partial charge in [0.2, 0.25) is 0 Å². The molecule has 1 spiro atoms. The maximum absolute atomic E-state index is 12.2. The van der Waals surface area contributed by atoms with Crippen LogP contribution < -0.4 is 10.5 Å². The van der Waals surface area contributed by atoms with Gasteiger partial charge in [0.1, 0.15) is 11.6 Å². The Labute approximate surface area is 128 Å². The lowest BCUT2D eigenvalue weighted by atomic mass is 9.68. The van der Waals surface area contributed by atoms with Crippen LogP contribution >= 0.6 is 0 Å². The Morgan fingerprint density at radius 2 is 2.05 bits per heavy atom. The van der Waals surface area contributed by atoms with Gasteiger partial charge in [-0.3, -0.25) is 9.78 Å². The molecule has 3 heterocycles. The number of aromatic nitrogens is 2. The molecular formula is C17H18N4O. The Balaban J connectivity index is 1.79. The molecule has 1 saturated heterocycles. The smallest absolute Gasteiger partial charge is 0.268 e. The average molecular weight is 294 g/mol. The fourth-order valence-corrected chi connectivity index (χ4v) is 4.10. The summed E-state index contributed by atoms with van der Waals surface area (Å²) in [5.74, 6) is 0. The highest BCUT2D eigenvalue weighted by Crippen LogP contribution is 2.46. The van der Waals surface area contributed by atoms with Crippen molar-refractivity contribution in [3.05, 3.63) is 34.4 Å². The topological polar surface area (TPSA) is 72.8 Å². The minimum atomic E-state index is -0.317. The van der Waals surface area contributed by atoms with Gasteiger partial charge in [-0.2, -0.15) is 5.26 Å². The predicted octanol–water partition coefficient (Wildman–Crippen LogP) is 2.57. The van der Waals surface area contributed by atoms with Crippen LogP contribution in [0.15, 0.2) is 23.3 Å². The number of hydrogen-bond donors (Lipinski definition) is 1. The molecule has 0 unspecified atom stereocenters. The van der Waals surface area contributed by atoms with Gasteiger partial charge in [0, 0.05) is 30.1 Å². The van der Waals surface area contributed by atoms with Crippen molar-refractivity contribution in [2.75, 3.05) is 18.0 Å².